The number of hydrogen-bond acceptors (Lipinski definition) is 6. The molecule has 5 nitrogen and oxygen atoms in total. The molecule has 2 aliphatic rings. The molecule has 2 N–H and O–H groups in total. The van der Waals surface area contributed by atoms with Crippen molar-refractivity contribution in [3.05, 3.63) is 5.56 Å². The van der Waals surface area contributed by atoms with Crippen molar-refractivity contribution in [1.29, 1.82) is 0 Å². The highest BCUT2D eigenvalue weighted by Gasteiger charge is 2.26. The maximum atomic E-state index is 11.9. The lowest BCUT2D eigenvalue weighted by Gasteiger charge is -2.23. The molecule has 0 bridgehead atoms. The molecule has 2 aliphatic carbocycles. The highest BCUT2D eigenvalue weighted by molar-refractivity contribution is 8.00. The Morgan fingerprint density at radius 2 is 1.80 bits per heavy atom. The molecule has 3 rings (SSSR count). The van der Waals surface area contributed by atoms with Gasteiger partial charge in [-0.15, -0.1) is 11.8 Å². The molecule has 0 radical (unpaired) electrons. The largest absolute Gasteiger partial charge is 0.477 e. The first kappa shape index (κ1) is 18.8. The fraction of sp³-hybridized carbons (Fsp3) is 0.722. The van der Waals surface area contributed by atoms with Crippen LogP contribution in [0.1, 0.15) is 68.1 Å². The number of aromatic carboxylic acids is 1. The molecule has 0 aromatic carbocycles. The van der Waals surface area contributed by atoms with Crippen LogP contribution in [0.3, 0.4) is 0 Å². The van der Waals surface area contributed by atoms with Crippen LogP contribution in [0, 0.1) is 5.92 Å². The molecule has 0 amide bonds. The van der Waals surface area contributed by atoms with Crippen molar-refractivity contribution in [1.82, 2.24) is 9.97 Å². The third kappa shape index (κ3) is 5.03. The second-order valence-electron chi connectivity index (χ2n) is 6.95. The van der Waals surface area contributed by atoms with E-state index in [0.29, 0.717) is 27.2 Å². The molecule has 0 aliphatic heterocycles. The lowest BCUT2D eigenvalue weighted by atomic mass is 9.89. The van der Waals surface area contributed by atoms with Gasteiger partial charge >= 0.3 is 5.97 Å². The van der Waals surface area contributed by atoms with E-state index in [1.54, 1.807) is 11.8 Å². The summed E-state index contributed by atoms with van der Waals surface area (Å²) in [7, 11) is 0. The van der Waals surface area contributed by atoms with E-state index in [2.05, 4.69) is 15.3 Å². The summed E-state index contributed by atoms with van der Waals surface area (Å²) < 4.78 is 0. The Bertz CT molecular complexity index is 600. The van der Waals surface area contributed by atoms with Gasteiger partial charge in [0.15, 0.2) is 5.16 Å². The highest BCUT2D eigenvalue weighted by Crippen LogP contribution is 2.37. The summed E-state index contributed by atoms with van der Waals surface area (Å²) in [4.78, 5) is 20.9. The first-order chi connectivity index (χ1) is 12.2. The first-order valence-electron chi connectivity index (χ1n) is 9.27. The van der Waals surface area contributed by atoms with Crippen molar-refractivity contribution in [2.24, 2.45) is 5.92 Å². The SMILES string of the molecule is CSc1nc(NCC2CCCCC2)c(C(=O)O)c(SC2CCCC2)n1. The molecule has 0 unspecified atom stereocenters. The predicted octanol–water partition coefficient (Wildman–Crippen LogP) is 4.92. The Hall–Kier alpha value is -0.950. The van der Waals surface area contributed by atoms with Crippen LogP contribution in [-0.4, -0.2) is 39.1 Å². The fourth-order valence-electron chi connectivity index (χ4n) is 3.71. The number of thioether (sulfide) groups is 2. The average Bonchev–Trinajstić information content (AvgIpc) is 3.13. The monoisotopic (exact) mass is 381 g/mol. The summed E-state index contributed by atoms with van der Waals surface area (Å²) in [6, 6.07) is 0. The van der Waals surface area contributed by atoms with Crippen LogP contribution >= 0.6 is 23.5 Å². The van der Waals surface area contributed by atoms with Crippen molar-refractivity contribution in [2.75, 3.05) is 18.1 Å². The molecule has 2 saturated carbocycles. The summed E-state index contributed by atoms with van der Waals surface area (Å²) in [6.07, 6.45) is 13.0. The predicted molar refractivity (Wildman–Crippen MR) is 104 cm³/mol. The molecule has 25 heavy (non-hydrogen) atoms. The van der Waals surface area contributed by atoms with Gasteiger partial charge in [0, 0.05) is 11.8 Å². The number of carbonyl (C=O) groups is 1. The Kier molecular flexibility index (Phi) is 6.87. The van der Waals surface area contributed by atoms with Gasteiger partial charge in [0.25, 0.3) is 0 Å². The summed E-state index contributed by atoms with van der Waals surface area (Å²) in [5, 5.41) is 14.9. The molecule has 7 heteroatoms. The molecule has 0 saturated heterocycles. The number of nitrogens with one attached hydrogen (secondary N) is 1. The molecule has 0 atom stereocenters. The van der Waals surface area contributed by atoms with E-state index in [4.69, 9.17) is 0 Å². The van der Waals surface area contributed by atoms with Gasteiger partial charge in [-0.3, -0.25) is 0 Å². The second kappa shape index (κ2) is 9.12. The fourth-order valence-corrected chi connectivity index (χ4v) is 5.46. The smallest absolute Gasteiger partial charge is 0.342 e. The van der Waals surface area contributed by atoms with E-state index in [-0.39, 0.29) is 5.56 Å². The van der Waals surface area contributed by atoms with E-state index in [9.17, 15) is 9.90 Å². The van der Waals surface area contributed by atoms with Crippen molar-refractivity contribution < 1.29 is 9.90 Å². The quantitative estimate of drug-likeness (QED) is 0.394. The van der Waals surface area contributed by atoms with Crippen molar-refractivity contribution in [2.45, 2.75) is 73.2 Å². The zero-order valence-electron chi connectivity index (χ0n) is 14.8. The van der Waals surface area contributed by atoms with Crippen LogP contribution in [0.5, 0.6) is 0 Å². The molecule has 1 aromatic rings. The zero-order valence-corrected chi connectivity index (χ0v) is 16.4. The van der Waals surface area contributed by atoms with Gasteiger partial charge in [-0.1, -0.05) is 43.9 Å². The number of carboxylic acid groups (broad SMARTS) is 1. The van der Waals surface area contributed by atoms with Crippen LogP contribution in [0.4, 0.5) is 5.82 Å². The Labute approximate surface area is 158 Å². The van der Waals surface area contributed by atoms with E-state index in [1.807, 2.05) is 6.26 Å². The standard InChI is InChI=1S/C18H27N3O2S2/c1-24-18-20-15(19-11-12-7-3-2-4-8-12)14(17(22)23)16(21-18)25-13-9-5-6-10-13/h12-13H,2-11H2,1H3,(H,22,23)(H,19,20,21). The van der Waals surface area contributed by atoms with E-state index < -0.39 is 5.97 Å². The lowest BCUT2D eigenvalue weighted by Crippen LogP contribution is -2.20. The Morgan fingerprint density at radius 3 is 2.44 bits per heavy atom. The molecular weight excluding hydrogens is 354 g/mol. The van der Waals surface area contributed by atoms with Crippen molar-refractivity contribution in [3.8, 4) is 0 Å². The Balaban J connectivity index is 1.81. The highest BCUT2D eigenvalue weighted by atomic mass is 32.2. The minimum Gasteiger partial charge on any atom is -0.477 e. The second-order valence-corrected chi connectivity index (χ2v) is 9.02. The number of hydrogen-bond donors (Lipinski definition) is 2. The van der Waals surface area contributed by atoms with E-state index in [0.717, 1.165) is 19.4 Å². The van der Waals surface area contributed by atoms with Crippen LogP contribution in [-0.2, 0) is 0 Å². The summed E-state index contributed by atoms with van der Waals surface area (Å²) in [6.45, 7) is 0.804. The van der Waals surface area contributed by atoms with E-state index >= 15 is 0 Å². The third-order valence-corrected chi connectivity index (χ3v) is 6.99. The summed E-state index contributed by atoms with van der Waals surface area (Å²) >= 11 is 3.09. The third-order valence-electron chi connectivity index (χ3n) is 5.12. The maximum Gasteiger partial charge on any atom is 0.342 e. The van der Waals surface area contributed by atoms with Gasteiger partial charge < -0.3 is 10.4 Å². The van der Waals surface area contributed by atoms with Crippen molar-refractivity contribution >= 4 is 35.3 Å². The zero-order chi connectivity index (χ0) is 17.6. The average molecular weight is 382 g/mol. The first-order valence-corrected chi connectivity index (χ1v) is 11.4. The number of aromatic nitrogens is 2. The minimum absolute atomic E-state index is 0.255. The van der Waals surface area contributed by atoms with Crippen LogP contribution < -0.4 is 5.32 Å². The molecule has 0 spiro atoms. The van der Waals surface area contributed by atoms with Gasteiger partial charge in [-0.05, 0) is 37.9 Å². The van der Waals surface area contributed by atoms with Crippen LogP contribution in [0.2, 0.25) is 0 Å². The Morgan fingerprint density at radius 1 is 1.12 bits per heavy atom. The van der Waals surface area contributed by atoms with E-state index in [1.165, 1.54) is 56.7 Å². The lowest BCUT2D eigenvalue weighted by molar-refractivity contribution is 0.0692. The van der Waals surface area contributed by atoms with Gasteiger partial charge in [0.2, 0.25) is 0 Å². The number of carboxylic acids is 1. The van der Waals surface area contributed by atoms with Gasteiger partial charge in [-0.2, -0.15) is 0 Å². The molecule has 1 aromatic heterocycles. The topological polar surface area (TPSA) is 75.1 Å². The van der Waals surface area contributed by atoms with Crippen LogP contribution in [0.25, 0.3) is 0 Å². The summed E-state index contributed by atoms with van der Waals surface area (Å²) in [5.74, 6) is 0.186. The number of anilines is 1. The van der Waals surface area contributed by atoms with Gasteiger partial charge in [0.1, 0.15) is 16.4 Å². The van der Waals surface area contributed by atoms with Gasteiger partial charge in [-0.25, -0.2) is 14.8 Å². The minimum atomic E-state index is -0.931. The maximum absolute atomic E-state index is 11.9. The normalized spacial score (nSPS) is 19.2. The molecule has 2 fully saturated rings. The number of nitrogens with zero attached hydrogens (tertiary/aromatic N) is 2. The number of rotatable bonds is 7. The van der Waals surface area contributed by atoms with Gasteiger partial charge in [0.05, 0.1) is 0 Å². The molecule has 138 valence electrons. The summed E-state index contributed by atoms with van der Waals surface area (Å²) in [5.41, 5.74) is 0.255. The molecule has 1 heterocycles. The molecular formula is C18H27N3O2S2. The van der Waals surface area contributed by atoms with Crippen LogP contribution in [0.15, 0.2) is 10.2 Å². The van der Waals surface area contributed by atoms with Crippen molar-refractivity contribution in [3.63, 3.8) is 0 Å².